The topological polar surface area (TPSA) is 39.7 Å². The van der Waals surface area contributed by atoms with Gasteiger partial charge in [-0.25, -0.2) is 4.98 Å². The smallest absolute Gasteiger partial charge is 0.272 e. The Bertz CT molecular complexity index is 477. The average Bonchev–Trinajstić information content (AvgIpc) is 3.02. The Morgan fingerprint density at radius 2 is 1.75 bits per heavy atom. The van der Waals surface area contributed by atoms with Gasteiger partial charge in [0.25, 0.3) is 5.91 Å². The monoisotopic (exact) mass is 274 g/mol. The number of rotatable bonds is 2. The number of hydrogen-bond donors (Lipinski definition) is 0. The van der Waals surface area contributed by atoms with Gasteiger partial charge in [0.1, 0.15) is 11.5 Å². The summed E-state index contributed by atoms with van der Waals surface area (Å²) in [5, 5.41) is 0. The maximum Gasteiger partial charge on any atom is 0.272 e. The van der Waals surface area contributed by atoms with Gasteiger partial charge in [0.05, 0.1) is 0 Å². The van der Waals surface area contributed by atoms with Crippen LogP contribution in [0.15, 0.2) is 18.2 Å². The Labute approximate surface area is 120 Å². The summed E-state index contributed by atoms with van der Waals surface area (Å²) in [6, 6.07) is 5.79. The molecule has 0 atom stereocenters. The number of hydrogen-bond acceptors (Lipinski definition) is 4. The third-order valence-electron chi connectivity index (χ3n) is 4.17. The molecule has 2 saturated heterocycles. The molecule has 0 unspecified atom stereocenters. The molecule has 0 bridgehead atoms. The van der Waals surface area contributed by atoms with Crippen LogP contribution in [-0.4, -0.2) is 67.0 Å². The van der Waals surface area contributed by atoms with Crippen molar-refractivity contribution in [2.24, 2.45) is 0 Å². The van der Waals surface area contributed by atoms with E-state index in [1.54, 1.807) is 0 Å². The minimum atomic E-state index is 0.0687. The van der Waals surface area contributed by atoms with E-state index in [2.05, 4.69) is 21.8 Å². The quantitative estimate of drug-likeness (QED) is 0.809. The van der Waals surface area contributed by atoms with Crippen molar-refractivity contribution in [2.45, 2.75) is 12.8 Å². The molecule has 5 heteroatoms. The summed E-state index contributed by atoms with van der Waals surface area (Å²) in [7, 11) is 2.09. The van der Waals surface area contributed by atoms with Gasteiger partial charge in [0, 0.05) is 39.3 Å². The van der Waals surface area contributed by atoms with Crippen LogP contribution >= 0.6 is 0 Å². The molecule has 0 spiro atoms. The van der Waals surface area contributed by atoms with Crippen molar-refractivity contribution in [3.8, 4) is 0 Å². The number of amides is 1. The SMILES string of the molecule is CN1CCN(C(=O)c2cccc(N3CCCC3)n2)CC1. The molecule has 0 N–H and O–H groups in total. The van der Waals surface area contributed by atoms with Gasteiger partial charge < -0.3 is 14.7 Å². The second-order valence-electron chi connectivity index (χ2n) is 5.67. The Morgan fingerprint density at radius 1 is 1.05 bits per heavy atom. The van der Waals surface area contributed by atoms with Gasteiger partial charge in [-0.15, -0.1) is 0 Å². The second kappa shape index (κ2) is 5.79. The van der Waals surface area contributed by atoms with Gasteiger partial charge in [-0.3, -0.25) is 4.79 Å². The van der Waals surface area contributed by atoms with E-state index in [9.17, 15) is 4.79 Å². The summed E-state index contributed by atoms with van der Waals surface area (Å²) in [5.41, 5.74) is 0.582. The number of nitrogens with zero attached hydrogens (tertiary/aromatic N) is 4. The standard InChI is InChI=1S/C15H22N4O/c1-17-9-11-19(12-10-17)15(20)13-5-4-6-14(16-13)18-7-2-3-8-18/h4-6H,2-3,7-12H2,1H3. The first kappa shape index (κ1) is 13.4. The molecule has 0 aliphatic carbocycles. The van der Waals surface area contributed by atoms with E-state index in [0.717, 1.165) is 45.1 Å². The molecular formula is C15H22N4O. The van der Waals surface area contributed by atoms with Crippen LogP contribution in [0.5, 0.6) is 0 Å². The lowest BCUT2D eigenvalue weighted by Gasteiger charge is -2.32. The molecule has 1 amide bonds. The van der Waals surface area contributed by atoms with Gasteiger partial charge in [-0.05, 0) is 32.0 Å². The molecule has 1 aromatic rings. The number of anilines is 1. The number of carbonyl (C=O) groups excluding carboxylic acids is 1. The van der Waals surface area contributed by atoms with Crippen LogP contribution in [0, 0.1) is 0 Å². The van der Waals surface area contributed by atoms with Crippen molar-refractivity contribution in [3.05, 3.63) is 23.9 Å². The van der Waals surface area contributed by atoms with Gasteiger partial charge >= 0.3 is 0 Å². The maximum absolute atomic E-state index is 12.5. The molecule has 108 valence electrons. The van der Waals surface area contributed by atoms with E-state index in [1.807, 2.05) is 23.1 Å². The highest BCUT2D eigenvalue weighted by Gasteiger charge is 2.22. The van der Waals surface area contributed by atoms with Crippen LogP contribution in [0.25, 0.3) is 0 Å². The van der Waals surface area contributed by atoms with Crippen molar-refractivity contribution in [1.82, 2.24) is 14.8 Å². The van der Waals surface area contributed by atoms with Crippen molar-refractivity contribution < 1.29 is 4.79 Å². The third-order valence-corrected chi connectivity index (χ3v) is 4.17. The summed E-state index contributed by atoms with van der Waals surface area (Å²) in [6.45, 7) is 5.59. The van der Waals surface area contributed by atoms with Gasteiger partial charge in [-0.1, -0.05) is 6.07 Å². The first-order valence-corrected chi connectivity index (χ1v) is 7.44. The van der Waals surface area contributed by atoms with E-state index in [1.165, 1.54) is 12.8 Å². The molecule has 5 nitrogen and oxygen atoms in total. The van der Waals surface area contributed by atoms with E-state index in [-0.39, 0.29) is 5.91 Å². The fraction of sp³-hybridized carbons (Fsp3) is 0.600. The van der Waals surface area contributed by atoms with Crippen LogP contribution in [-0.2, 0) is 0 Å². The molecule has 1 aromatic heterocycles. The molecule has 0 aromatic carbocycles. The Kier molecular flexibility index (Phi) is 3.87. The lowest BCUT2D eigenvalue weighted by Crippen LogP contribution is -2.47. The van der Waals surface area contributed by atoms with Crippen LogP contribution in [0.2, 0.25) is 0 Å². The van der Waals surface area contributed by atoms with Crippen molar-refractivity contribution in [1.29, 1.82) is 0 Å². The molecule has 0 radical (unpaired) electrons. The first-order chi connectivity index (χ1) is 9.74. The van der Waals surface area contributed by atoms with Crippen LogP contribution in [0.3, 0.4) is 0 Å². The van der Waals surface area contributed by atoms with Crippen LogP contribution < -0.4 is 4.90 Å². The molecule has 2 aliphatic rings. The zero-order valence-corrected chi connectivity index (χ0v) is 12.1. The summed E-state index contributed by atoms with van der Waals surface area (Å²) in [6.07, 6.45) is 2.44. The molecule has 3 heterocycles. The highest BCUT2D eigenvalue weighted by molar-refractivity contribution is 5.92. The predicted octanol–water partition coefficient (Wildman–Crippen LogP) is 1.07. The van der Waals surface area contributed by atoms with Gasteiger partial charge in [0.15, 0.2) is 0 Å². The second-order valence-corrected chi connectivity index (χ2v) is 5.67. The van der Waals surface area contributed by atoms with Crippen molar-refractivity contribution >= 4 is 11.7 Å². The molecule has 2 aliphatic heterocycles. The summed E-state index contributed by atoms with van der Waals surface area (Å²) in [4.78, 5) is 23.5. The van der Waals surface area contributed by atoms with Gasteiger partial charge in [-0.2, -0.15) is 0 Å². The number of likely N-dealkylation sites (N-methyl/N-ethyl adjacent to an activating group) is 1. The van der Waals surface area contributed by atoms with E-state index >= 15 is 0 Å². The molecule has 2 fully saturated rings. The fourth-order valence-corrected chi connectivity index (χ4v) is 2.84. The minimum Gasteiger partial charge on any atom is -0.357 e. The Balaban J connectivity index is 1.72. The van der Waals surface area contributed by atoms with Crippen molar-refractivity contribution in [2.75, 3.05) is 51.2 Å². The highest BCUT2D eigenvalue weighted by Crippen LogP contribution is 2.18. The lowest BCUT2D eigenvalue weighted by molar-refractivity contribution is 0.0658. The highest BCUT2D eigenvalue weighted by atomic mass is 16.2. The number of carbonyl (C=O) groups is 1. The summed E-state index contributed by atoms with van der Waals surface area (Å²) < 4.78 is 0. The lowest BCUT2D eigenvalue weighted by atomic mass is 10.2. The number of pyridine rings is 1. The maximum atomic E-state index is 12.5. The fourth-order valence-electron chi connectivity index (χ4n) is 2.84. The Hall–Kier alpha value is -1.62. The number of aromatic nitrogens is 1. The molecule has 3 rings (SSSR count). The first-order valence-electron chi connectivity index (χ1n) is 7.44. The third kappa shape index (κ3) is 2.77. The largest absolute Gasteiger partial charge is 0.357 e. The van der Waals surface area contributed by atoms with E-state index in [0.29, 0.717) is 5.69 Å². The van der Waals surface area contributed by atoms with E-state index in [4.69, 9.17) is 0 Å². The van der Waals surface area contributed by atoms with E-state index < -0.39 is 0 Å². The normalized spacial score (nSPS) is 20.4. The Morgan fingerprint density at radius 3 is 2.45 bits per heavy atom. The van der Waals surface area contributed by atoms with Crippen molar-refractivity contribution in [3.63, 3.8) is 0 Å². The molecule has 0 saturated carbocycles. The molecule has 20 heavy (non-hydrogen) atoms. The zero-order chi connectivity index (χ0) is 13.9. The average molecular weight is 274 g/mol. The summed E-state index contributed by atoms with van der Waals surface area (Å²) in [5.74, 6) is 1.02. The van der Waals surface area contributed by atoms with Crippen LogP contribution in [0.4, 0.5) is 5.82 Å². The summed E-state index contributed by atoms with van der Waals surface area (Å²) >= 11 is 0. The minimum absolute atomic E-state index is 0.0687. The van der Waals surface area contributed by atoms with Gasteiger partial charge in [0.2, 0.25) is 0 Å². The zero-order valence-electron chi connectivity index (χ0n) is 12.1. The molecular weight excluding hydrogens is 252 g/mol. The van der Waals surface area contributed by atoms with Crippen LogP contribution in [0.1, 0.15) is 23.3 Å². The number of piperazine rings is 1. The predicted molar refractivity (Wildman–Crippen MR) is 79.1 cm³/mol.